The monoisotopic (exact) mass is 269 g/mol. The number of aryl methyl sites for hydroxylation is 1. The molecule has 0 aliphatic rings. The van der Waals surface area contributed by atoms with Crippen LogP contribution in [0.2, 0.25) is 0 Å². The van der Waals surface area contributed by atoms with Gasteiger partial charge in [-0.05, 0) is 56.6 Å². The van der Waals surface area contributed by atoms with E-state index in [0.717, 1.165) is 31.7 Å². The lowest BCUT2D eigenvalue weighted by atomic mass is 10.0. The minimum absolute atomic E-state index is 0.783. The molecule has 20 heavy (non-hydrogen) atoms. The van der Waals surface area contributed by atoms with Crippen LogP contribution in [0.3, 0.4) is 0 Å². The van der Waals surface area contributed by atoms with Gasteiger partial charge in [-0.1, -0.05) is 42.0 Å². The molecule has 2 rings (SSSR count). The van der Waals surface area contributed by atoms with Crippen molar-refractivity contribution in [2.24, 2.45) is 0 Å². The highest BCUT2D eigenvalue weighted by atomic mass is 16.5. The van der Waals surface area contributed by atoms with Crippen molar-refractivity contribution in [2.75, 3.05) is 20.2 Å². The van der Waals surface area contributed by atoms with Gasteiger partial charge in [-0.25, -0.2) is 0 Å². The van der Waals surface area contributed by atoms with Crippen molar-refractivity contribution in [2.45, 2.75) is 19.8 Å². The predicted molar refractivity (Wildman–Crippen MR) is 85.3 cm³/mol. The molecule has 106 valence electrons. The summed E-state index contributed by atoms with van der Waals surface area (Å²) in [5.74, 6) is 0.949. The minimum Gasteiger partial charge on any atom is -0.494 e. The van der Waals surface area contributed by atoms with E-state index in [4.69, 9.17) is 4.74 Å². The molecule has 0 saturated carbocycles. The second-order valence-corrected chi connectivity index (χ2v) is 5.05. The highest BCUT2D eigenvalue weighted by Gasteiger charge is 1.98. The first-order valence-corrected chi connectivity index (χ1v) is 7.24. The molecule has 0 unspecified atom stereocenters. The van der Waals surface area contributed by atoms with Gasteiger partial charge in [0.1, 0.15) is 5.75 Å². The molecule has 0 aliphatic heterocycles. The van der Waals surface area contributed by atoms with Gasteiger partial charge in [0.2, 0.25) is 0 Å². The van der Waals surface area contributed by atoms with Gasteiger partial charge in [-0.2, -0.15) is 0 Å². The molecule has 2 nitrogen and oxygen atoms in total. The molecule has 0 aliphatic carbocycles. The second-order valence-electron chi connectivity index (χ2n) is 5.05. The Morgan fingerprint density at radius 1 is 0.850 bits per heavy atom. The summed E-state index contributed by atoms with van der Waals surface area (Å²) >= 11 is 0. The molecule has 0 heterocycles. The normalized spacial score (nSPS) is 10.5. The SMILES string of the molecule is CNCCCCOc1ccc(-c2ccc(C)cc2)cc1. The Kier molecular flexibility index (Phi) is 5.63. The van der Waals surface area contributed by atoms with Crippen LogP contribution in [0.4, 0.5) is 0 Å². The Hall–Kier alpha value is -1.80. The first-order valence-electron chi connectivity index (χ1n) is 7.24. The zero-order valence-corrected chi connectivity index (χ0v) is 12.4. The maximum Gasteiger partial charge on any atom is 0.119 e. The van der Waals surface area contributed by atoms with E-state index in [1.54, 1.807) is 0 Å². The van der Waals surface area contributed by atoms with Crippen molar-refractivity contribution < 1.29 is 4.74 Å². The average molecular weight is 269 g/mol. The van der Waals surface area contributed by atoms with Gasteiger partial charge >= 0.3 is 0 Å². The standard InChI is InChI=1S/C18H23NO/c1-15-5-7-16(8-6-15)17-9-11-18(12-10-17)20-14-4-3-13-19-2/h5-12,19H,3-4,13-14H2,1-2H3. The summed E-state index contributed by atoms with van der Waals surface area (Å²) in [5, 5.41) is 3.14. The second kappa shape index (κ2) is 7.71. The van der Waals surface area contributed by atoms with E-state index in [1.165, 1.54) is 16.7 Å². The van der Waals surface area contributed by atoms with E-state index in [9.17, 15) is 0 Å². The fraction of sp³-hybridized carbons (Fsp3) is 0.333. The number of benzene rings is 2. The molecule has 0 aromatic heterocycles. The van der Waals surface area contributed by atoms with Crippen LogP contribution in [0.25, 0.3) is 11.1 Å². The van der Waals surface area contributed by atoms with Crippen molar-refractivity contribution in [3.63, 3.8) is 0 Å². The molecule has 1 N–H and O–H groups in total. The molecule has 0 radical (unpaired) electrons. The Morgan fingerprint density at radius 3 is 2.05 bits per heavy atom. The van der Waals surface area contributed by atoms with E-state index in [2.05, 4.69) is 48.6 Å². The Bertz CT molecular complexity index is 502. The number of ether oxygens (including phenoxy) is 1. The van der Waals surface area contributed by atoms with Crippen LogP contribution in [0.1, 0.15) is 18.4 Å². The molecule has 2 aromatic rings. The topological polar surface area (TPSA) is 21.3 Å². The van der Waals surface area contributed by atoms with E-state index in [0.29, 0.717) is 0 Å². The molecule has 0 atom stereocenters. The zero-order valence-electron chi connectivity index (χ0n) is 12.4. The summed E-state index contributed by atoms with van der Waals surface area (Å²) in [6.07, 6.45) is 2.23. The molecular weight excluding hydrogens is 246 g/mol. The summed E-state index contributed by atoms with van der Waals surface area (Å²) in [6, 6.07) is 16.9. The van der Waals surface area contributed by atoms with Gasteiger partial charge in [-0.3, -0.25) is 0 Å². The third-order valence-electron chi connectivity index (χ3n) is 3.33. The third-order valence-corrected chi connectivity index (χ3v) is 3.33. The minimum atomic E-state index is 0.783. The maximum absolute atomic E-state index is 5.73. The van der Waals surface area contributed by atoms with Gasteiger partial charge in [-0.15, -0.1) is 0 Å². The van der Waals surface area contributed by atoms with Gasteiger partial charge in [0.25, 0.3) is 0 Å². The van der Waals surface area contributed by atoms with E-state index >= 15 is 0 Å². The first kappa shape index (κ1) is 14.6. The molecule has 0 amide bonds. The molecule has 0 saturated heterocycles. The van der Waals surface area contributed by atoms with Crippen LogP contribution >= 0.6 is 0 Å². The summed E-state index contributed by atoms with van der Waals surface area (Å²) in [5.41, 5.74) is 3.76. The van der Waals surface area contributed by atoms with Crippen LogP contribution < -0.4 is 10.1 Å². The lowest BCUT2D eigenvalue weighted by Gasteiger charge is -2.07. The molecular formula is C18H23NO. The predicted octanol–water partition coefficient (Wildman–Crippen LogP) is 4.04. The van der Waals surface area contributed by atoms with Gasteiger partial charge in [0, 0.05) is 0 Å². The van der Waals surface area contributed by atoms with Crippen molar-refractivity contribution in [1.29, 1.82) is 0 Å². The summed E-state index contributed by atoms with van der Waals surface area (Å²) in [4.78, 5) is 0. The third kappa shape index (κ3) is 4.39. The lowest BCUT2D eigenvalue weighted by Crippen LogP contribution is -2.09. The van der Waals surface area contributed by atoms with Crippen molar-refractivity contribution in [3.05, 3.63) is 54.1 Å². The Labute approximate surface area is 121 Å². The highest BCUT2D eigenvalue weighted by molar-refractivity contribution is 5.64. The Balaban J connectivity index is 1.88. The van der Waals surface area contributed by atoms with E-state index in [-0.39, 0.29) is 0 Å². The average Bonchev–Trinajstić information content (AvgIpc) is 2.49. The number of hydrogen-bond acceptors (Lipinski definition) is 2. The summed E-state index contributed by atoms with van der Waals surface area (Å²) in [6.45, 7) is 3.94. The number of hydrogen-bond donors (Lipinski definition) is 1. The summed E-state index contributed by atoms with van der Waals surface area (Å²) < 4.78 is 5.73. The largest absolute Gasteiger partial charge is 0.494 e. The smallest absolute Gasteiger partial charge is 0.119 e. The lowest BCUT2D eigenvalue weighted by molar-refractivity contribution is 0.306. The first-order chi connectivity index (χ1) is 9.79. The van der Waals surface area contributed by atoms with Crippen molar-refractivity contribution >= 4 is 0 Å². The van der Waals surface area contributed by atoms with Crippen LogP contribution in [0.15, 0.2) is 48.5 Å². The van der Waals surface area contributed by atoms with Crippen LogP contribution in [-0.2, 0) is 0 Å². The summed E-state index contributed by atoms with van der Waals surface area (Å²) in [7, 11) is 1.98. The number of nitrogens with one attached hydrogen (secondary N) is 1. The maximum atomic E-state index is 5.73. The van der Waals surface area contributed by atoms with Crippen LogP contribution in [-0.4, -0.2) is 20.2 Å². The molecule has 2 aromatic carbocycles. The molecule has 0 spiro atoms. The molecule has 0 bridgehead atoms. The van der Waals surface area contributed by atoms with E-state index in [1.807, 2.05) is 19.2 Å². The number of unbranched alkanes of at least 4 members (excludes halogenated alkanes) is 1. The zero-order chi connectivity index (χ0) is 14.2. The van der Waals surface area contributed by atoms with Gasteiger partial charge in [0.05, 0.1) is 6.61 Å². The van der Waals surface area contributed by atoms with Gasteiger partial charge in [0.15, 0.2) is 0 Å². The van der Waals surface area contributed by atoms with E-state index < -0.39 is 0 Å². The molecule has 2 heteroatoms. The van der Waals surface area contributed by atoms with Gasteiger partial charge < -0.3 is 10.1 Å². The van der Waals surface area contributed by atoms with Crippen LogP contribution in [0, 0.1) is 6.92 Å². The van der Waals surface area contributed by atoms with Crippen molar-refractivity contribution in [3.8, 4) is 16.9 Å². The van der Waals surface area contributed by atoms with Crippen molar-refractivity contribution in [1.82, 2.24) is 5.32 Å². The Morgan fingerprint density at radius 2 is 1.45 bits per heavy atom. The highest BCUT2D eigenvalue weighted by Crippen LogP contribution is 2.22. The quantitative estimate of drug-likeness (QED) is 0.766. The fourth-order valence-corrected chi connectivity index (χ4v) is 2.08. The number of rotatable bonds is 7. The molecule has 0 fully saturated rings. The fourth-order valence-electron chi connectivity index (χ4n) is 2.08. The van der Waals surface area contributed by atoms with Crippen LogP contribution in [0.5, 0.6) is 5.75 Å².